The van der Waals surface area contributed by atoms with Gasteiger partial charge in [-0.25, -0.2) is 9.97 Å². The average Bonchev–Trinajstić information content (AvgIpc) is 2.38. The van der Waals surface area contributed by atoms with Gasteiger partial charge < -0.3 is 10.1 Å². The predicted molar refractivity (Wildman–Crippen MR) is 61.9 cm³/mol. The first-order valence-corrected chi connectivity index (χ1v) is 5.89. The van der Waals surface area contributed by atoms with Crippen LogP contribution in [0.5, 0.6) is 0 Å². The van der Waals surface area contributed by atoms with E-state index < -0.39 is 0 Å². The van der Waals surface area contributed by atoms with Crippen LogP contribution in [0.25, 0.3) is 0 Å². The number of hydrogen-bond donors (Lipinski definition) is 1. The van der Waals surface area contributed by atoms with Crippen LogP contribution in [0.15, 0.2) is 18.6 Å². The lowest BCUT2D eigenvalue weighted by Crippen LogP contribution is -2.34. The third-order valence-electron chi connectivity index (χ3n) is 3.22. The van der Waals surface area contributed by atoms with Crippen LogP contribution in [-0.2, 0) is 11.3 Å². The molecule has 1 aliphatic carbocycles. The van der Waals surface area contributed by atoms with Crippen LogP contribution in [0.2, 0.25) is 0 Å². The molecule has 1 aromatic heterocycles. The molecular formula is C12H19N3O. The van der Waals surface area contributed by atoms with E-state index in [-0.39, 0.29) is 0 Å². The lowest BCUT2D eigenvalue weighted by molar-refractivity contribution is 0.0623. The second-order valence-corrected chi connectivity index (χ2v) is 4.29. The smallest absolute Gasteiger partial charge is 0.115 e. The third kappa shape index (κ3) is 3.25. The van der Waals surface area contributed by atoms with E-state index in [1.807, 2.05) is 6.07 Å². The summed E-state index contributed by atoms with van der Waals surface area (Å²) in [5.41, 5.74) is 1.06. The second kappa shape index (κ2) is 5.92. The summed E-state index contributed by atoms with van der Waals surface area (Å²) in [4.78, 5) is 8.10. The van der Waals surface area contributed by atoms with Crippen LogP contribution in [0, 0.1) is 0 Å². The fraction of sp³-hybridized carbons (Fsp3) is 0.667. The highest BCUT2D eigenvalue weighted by molar-refractivity contribution is 4.97. The van der Waals surface area contributed by atoms with Gasteiger partial charge in [-0.1, -0.05) is 0 Å². The number of nitrogens with one attached hydrogen (secondary N) is 1. The van der Waals surface area contributed by atoms with Gasteiger partial charge in [-0.3, -0.25) is 0 Å². The Labute approximate surface area is 96.4 Å². The number of ether oxygens (including phenoxy) is 1. The lowest BCUT2D eigenvalue weighted by Gasteiger charge is -2.28. The monoisotopic (exact) mass is 221 g/mol. The zero-order chi connectivity index (χ0) is 11.2. The van der Waals surface area contributed by atoms with Crippen LogP contribution in [0.3, 0.4) is 0 Å². The Kier molecular flexibility index (Phi) is 4.25. The van der Waals surface area contributed by atoms with Gasteiger partial charge in [-0.15, -0.1) is 0 Å². The summed E-state index contributed by atoms with van der Waals surface area (Å²) in [7, 11) is 1.80. The fourth-order valence-corrected chi connectivity index (χ4v) is 2.17. The highest BCUT2D eigenvalue weighted by Crippen LogP contribution is 2.20. The van der Waals surface area contributed by atoms with Crippen LogP contribution in [0.1, 0.15) is 31.4 Å². The highest BCUT2D eigenvalue weighted by atomic mass is 16.5. The number of methoxy groups -OCH3 is 1. The molecule has 88 valence electrons. The first kappa shape index (κ1) is 11.5. The van der Waals surface area contributed by atoms with Crippen LogP contribution in [0.4, 0.5) is 0 Å². The summed E-state index contributed by atoms with van der Waals surface area (Å²) in [5, 5.41) is 3.54. The van der Waals surface area contributed by atoms with Crippen molar-refractivity contribution in [1.29, 1.82) is 0 Å². The van der Waals surface area contributed by atoms with Gasteiger partial charge in [0.05, 0.1) is 11.8 Å². The highest BCUT2D eigenvalue weighted by Gasteiger charge is 2.20. The van der Waals surface area contributed by atoms with Gasteiger partial charge in [0.2, 0.25) is 0 Å². The zero-order valence-electron chi connectivity index (χ0n) is 9.72. The maximum atomic E-state index is 5.35. The molecular weight excluding hydrogens is 202 g/mol. The van der Waals surface area contributed by atoms with E-state index in [9.17, 15) is 0 Å². The van der Waals surface area contributed by atoms with Crippen LogP contribution < -0.4 is 5.32 Å². The molecule has 0 amide bonds. The van der Waals surface area contributed by atoms with Crippen LogP contribution >= 0.6 is 0 Å². The normalized spacial score (nSPS) is 25.6. The molecule has 16 heavy (non-hydrogen) atoms. The van der Waals surface area contributed by atoms with E-state index in [0.29, 0.717) is 12.1 Å². The second-order valence-electron chi connectivity index (χ2n) is 4.29. The summed E-state index contributed by atoms with van der Waals surface area (Å²) < 4.78 is 5.35. The molecule has 0 spiro atoms. The van der Waals surface area contributed by atoms with E-state index in [4.69, 9.17) is 4.74 Å². The van der Waals surface area contributed by atoms with Gasteiger partial charge in [-0.05, 0) is 31.7 Å². The van der Waals surface area contributed by atoms with Crippen molar-refractivity contribution in [3.05, 3.63) is 24.3 Å². The minimum absolute atomic E-state index is 0.470. The molecule has 0 saturated heterocycles. The quantitative estimate of drug-likeness (QED) is 0.837. The zero-order valence-corrected chi connectivity index (χ0v) is 9.72. The van der Waals surface area contributed by atoms with Gasteiger partial charge in [0.1, 0.15) is 6.33 Å². The summed E-state index contributed by atoms with van der Waals surface area (Å²) in [6.45, 7) is 0.838. The molecule has 0 unspecified atom stereocenters. The number of hydrogen-bond acceptors (Lipinski definition) is 4. The van der Waals surface area contributed by atoms with Gasteiger partial charge in [-0.2, -0.15) is 0 Å². The van der Waals surface area contributed by atoms with Crippen molar-refractivity contribution in [3.8, 4) is 0 Å². The molecule has 1 N–H and O–H groups in total. The Morgan fingerprint density at radius 3 is 2.81 bits per heavy atom. The number of aromatic nitrogens is 2. The topological polar surface area (TPSA) is 47.0 Å². The van der Waals surface area contributed by atoms with Gasteiger partial charge in [0, 0.05) is 25.9 Å². The van der Waals surface area contributed by atoms with E-state index in [1.54, 1.807) is 19.6 Å². The first-order chi connectivity index (χ1) is 7.88. The maximum Gasteiger partial charge on any atom is 0.115 e. The van der Waals surface area contributed by atoms with Crippen molar-refractivity contribution in [1.82, 2.24) is 15.3 Å². The maximum absolute atomic E-state index is 5.35. The molecule has 0 radical (unpaired) electrons. The van der Waals surface area contributed by atoms with Gasteiger partial charge in [0.15, 0.2) is 0 Å². The Bertz CT molecular complexity index is 296. The fourth-order valence-electron chi connectivity index (χ4n) is 2.17. The molecule has 0 atom stereocenters. The van der Waals surface area contributed by atoms with E-state index in [2.05, 4.69) is 15.3 Å². The Morgan fingerprint density at radius 2 is 2.19 bits per heavy atom. The molecule has 0 aliphatic heterocycles. The predicted octanol–water partition coefficient (Wildman–Crippen LogP) is 1.52. The SMILES string of the molecule is COC1CCC(NCc2ccncn2)CC1. The molecule has 1 aromatic rings. The minimum atomic E-state index is 0.470. The van der Waals surface area contributed by atoms with Crippen molar-refractivity contribution in [3.63, 3.8) is 0 Å². The third-order valence-corrected chi connectivity index (χ3v) is 3.22. The number of nitrogens with zero attached hydrogens (tertiary/aromatic N) is 2. The molecule has 1 fully saturated rings. The molecule has 2 rings (SSSR count). The largest absolute Gasteiger partial charge is 0.381 e. The standard InChI is InChI=1S/C12H19N3O/c1-16-12-4-2-10(3-5-12)14-8-11-6-7-13-9-15-11/h6-7,9-10,12,14H,2-5,8H2,1H3. The summed E-state index contributed by atoms with van der Waals surface area (Å²) in [6, 6.07) is 2.56. The minimum Gasteiger partial charge on any atom is -0.381 e. The Hall–Kier alpha value is -1.00. The van der Waals surface area contributed by atoms with Crippen molar-refractivity contribution >= 4 is 0 Å². The van der Waals surface area contributed by atoms with Crippen molar-refractivity contribution in [2.45, 2.75) is 44.4 Å². The molecule has 1 aliphatic rings. The summed E-state index contributed by atoms with van der Waals surface area (Å²) >= 11 is 0. The van der Waals surface area contributed by atoms with E-state index in [0.717, 1.165) is 25.1 Å². The molecule has 1 saturated carbocycles. The van der Waals surface area contributed by atoms with Crippen molar-refractivity contribution in [2.75, 3.05) is 7.11 Å². The van der Waals surface area contributed by atoms with Crippen molar-refractivity contribution in [2.24, 2.45) is 0 Å². The Morgan fingerprint density at radius 1 is 1.38 bits per heavy atom. The number of rotatable bonds is 4. The summed E-state index contributed by atoms with van der Waals surface area (Å²) in [5.74, 6) is 0. The Balaban J connectivity index is 1.72. The van der Waals surface area contributed by atoms with E-state index in [1.165, 1.54) is 12.8 Å². The molecule has 0 bridgehead atoms. The average molecular weight is 221 g/mol. The van der Waals surface area contributed by atoms with Crippen LogP contribution in [-0.4, -0.2) is 29.2 Å². The van der Waals surface area contributed by atoms with Gasteiger partial charge in [0.25, 0.3) is 0 Å². The summed E-state index contributed by atoms with van der Waals surface area (Å²) in [6.07, 6.45) is 8.57. The first-order valence-electron chi connectivity index (χ1n) is 5.89. The lowest BCUT2D eigenvalue weighted by atomic mass is 9.93. The molecule has 1 heterocycles. The van der Waals surface area contributed by atoms with Crippen molar-refractivity contribution < 1.29 is 4.74 Å². The molecule has 4 heteroatoms. The molecule has 4 nitrogen and oxygen atoms in total. The molecule has 0 aromatic carbocycles. The van der Waals surface area contributed by atoms with E-state index >= 15 is 0 Å². The van der Waals surface area contributed by atoms with Gasteiger partial charge >= 0.3 is 0 Å².